The molecule has 0 bridgehead atoms. The minimum Gasteiger partial charge on any atom is -0.342 e. The smallest absolute Gasteiger partial charge is 0.272 e. The minimum atomic E-state index is 0.00451. The summed E-state index contributed by atoms with van der Waals surface area (Å²) >= 11 is 0. The number of nitrogens with zero attached hydrogens (tertiary/aromatic N) is 1. The van der Waals surface area contributed by atoms with Gasteiger partial charge in [0.15, 0.2) is 0 Å². The molecule has 0 aromatic carbocycles. The van der Waals surface area contributed by atoms with Gasteiger partial charge in [0.1, 0.15) is 5.52 Å². The molecule has 1 aliphatic rings. The van der Waals surface area contributed by atoms with Gasteiger partial charge in [-0.2, -0.15) is 0 Å². The third-order valence-corrected chi connectivity index (χ3v) is 3.92. The molecule has 4 nitrogen and oxygen atoms in total. The third-order valence-electron chi connectivity index (χ3n) is 3.92. The zero-order chi connectivity index (χ0) is 12.6. The van der Waals surface area contributed by atoms with Crippen LogP contribution in [0.1, 0.15) is 19.8 Å². The summed E-state index contributed by atoms with van der Waals surface area (Å²) in [6.07, 6.45) is 6.16. The molecule has 18 heavy (non-hydrogen) atoms. The molecular formula is C14H19N3O. The van der Waals surface area contributed by atoms with E-state index in [-0.39, 0.29) is 11.0 Å². The van der Waals surface area contributed by atoms with Crippen LogP contribution in [0.3, 0.4) is 0 Å². The number of hydrogen-bond donors (Lipinski definition) is 2. The summed E-state index contributed by atoms with van der Waals surface area (Å²) in [5.74, 6) is 0. The number of piperidine rings is 1. The number of hydrogen-bond acceptors (Lipinski definition) is 2. The maximum atomic E-state index is 11.9. The van der Waals surface area contributed by atoms with Crippen LogP contribution in [-0.2, 0) is 6.54 Å². The van der Waals surface area contributed by atoms with Crippen LogP contribution in [0.5, 0.6) is 0 Å². The highest BCUT2D eigenvalue weighted by molar-refractivity contribution is 5.78. The van der Waals surface area contributed by atoms with Gasteiger partial charge in [-0.1, -0.05) is 6.92 Å². The van der Waals surface area contributed by atoms with Crippen LogP contribution in [0, 0.1) is 5.41 Å². The van der Waals surface area contributed by atoms with Gasteiger partial charge in [0, 0.05) is 30.9 Å². The number of nitrogens with one attached hydrogen (secondary N) is 2. The van der Waals surface area contributed by atoms with E-state index in [1.807, 2.05) is 18.3 Å². The average molecular weight is 245 g/mol. The zero-order valence-corrected chi connectivity index (χ0v) is 10.7. The van der Waals surface area contributed by atoms with Crippen LogP contribution in [0.4, 0.5) is 0 Å². The van der Waals surface area contributed by atoms with Crippen molar-refractivity contribution in [1.82, 2.24) is 14.9 Å². The van der Waals surface area contributed by atoms with Crippen molar-refractivity contribution in [2.45, 2.75) is 26.3 Å². The highest BCUT2D eigenvalue weighted by Gasteiger charge is 2.27. The van der Waals surface area contributed by atoms with Crippen molar-refractivity contribution in [3.63, 3.8) is 0 Å². The predicted octanol–water partition coefficient (Wildman–Crippen LogP) is 1.72. The van der Waals surface area contributed by atoms with Crippen molar-refractivity contribution in [1.29, 1.82) is 0 Å². The summed E-state index contributed by atoms with van der Waals surface area (Å²) < 4.78 is 2.10. The van der Waals surface area contributed by atoms with Gasteiger partial charge in [-0.3, -0.25) is 4.79 Å². The van der Waals surface area contributed by atoms with E-state index in [0.717, 1.165) is 30.5 Å². The number of pyridine rings is 1. The van der Waals surface area contributed by atoms with Gasteiger partial charge in [0.2, 0.25) is 0 Å². The first-order chi connectivity index (χ1) is 8.68. The molecule has 1 saturated heterocycles. The van der Waals surface area contributed by atoms with E-state index in [0.29, 0.717) is 0 Å². The van der Waals surface area contributed by atoms with E-state index in [4.69, 9.17) is 0 Å². The minimum absolute atomic E-state index is 0.00451. The Hall–Kier alpha value is -1.55. The van der Waals surface area contributed by atoms with Gasteiger partial charge in [-0.25, -0.2) is 0 Å². The van der Waals surface area contributed by atoms with E-state index in [1.165, 1.54) is 12.8 Å². The Morgan fingerprint density at radius 1 is 1.44 bits per heavy atom. The molecule has 3 heterocycles. The van der Waals surface area contributed by atoms with Gasteiger partial charge in [-0.05, 0) is 36.9 Å². The lowest BCUT2D eigenvalue weighted by Crippen LogP contribution is -2.40. The number of aromatic nitrogens is 2. The molecule has 0 amide bonds. The van der Waals surface area contributed by atoms with Crippen LogP contribution in [-0.4, -0.2) is 22.6 Å². The van der Waals surface area contributed by atoms with Crippen molar-refractivity contribution < 1.29 is 0 Å². The highest BCUT2D eigenvalue weighted by Crippen LogP contribution is 2.28. The monoisotopic (exact) mass is 245 g/mol. The van der Waals surface area contributed by atoms with E-state index in [1.54, 1.807) is 6.20 Å². The molecule has 0 radical (unpaired) electrons. The van der Waals surface area contributed by atoms with Crippen molar-refractivity contribution in [2.75, 3.05) is 13.1 Å². The summed E-state index contributed by atoms with van der Waals surface area (Å²) in [5.41, 5.74) is 1.04. The Labute approximate surface area is 106 Å². The second-order valence-electron chi connectivity index (χ2n) is 5.65. The molecule has 2 aromatic rings. The zero-order valence-electron chi connectivity index (χ0n) is 10.7. The summed E-state index contributed by atoms with van der Waals surface area (Å²) in [7, 11) is 0. The van der Waals surface area contributed by atoms with E-state index in [9.17, 15) is 4.79 Å². The Bertz CT molecular complexity index is 605. The molecule has 0 aliphatic carbocycles. The Morgan fingerprint density at radius 2 is 2.33 bits per heavy atom. The SMILES string of the molecule is CC1(Cn2ccc3cc[nH]c(=O)c32)CCCNC1. The molecule has 1 atom stereocenters. The first-order valence-corrected chi connectivity index (χ1v) is 6.55. The normalized spacial score (nSPS) is 24.5. The Morgan fingerprint density at radius 3 is 3.11 bits per heavy atom. The summed E-state index contributed by atoms with van der Waals surface area (Å²) in [6.45, 7) is 5.33. The molecule has 1 fully saturated rings. The number of fused-ring (bicyclic) bond motifs is 1. The van der Waals surface area contributed by atoms with Crippen LogP contribution >= 0.6 is 0 Å². The molecule has 0 saturated carbocycles. The van der Waals surface area contributed by atoms with Gasteiger partial charge in [-0.15, -0.1) is 0 Å². The van der Waals surface area contributed by atoms with Crippen LogP contribution in [0.15, 0.2) is 29.3 Å². The lowest BCUT2D eigenvalue weighted by atomic mass is 9.82. The second-order valence-corrected chi connectivity index (χ2v) is 5.65. The number of aromatic amines is 1. The van der Waals surface area contributed by atoms with Crippen molar-refractivity contribution in [2.24, 2.45) is 5.41 Å². The fourth-order valence-corrected chi connectivity index (χ4v) is 2.96. The molecule has 2 N–H and O–H groups in total. The Kier molecular flexibility index (Phi) is 2.74. The van der Waals surface area contributed by atoms with Crippen molar-refractivity contribution in [3.8, 4) is 0 Å². The topological polar surface area (TPSA) is 49.8 Å². The first kappa shape index (κ1) is 11.5. The van der Waals surface area contributed by atoms with E-state index in [2.05, 4.69) is 21.8 Å². The van der Waals surface area contributed by atoms with Crippen LogP contribution in [0.25, 0.3) is 10.9 Å². The first-order valence-electron chi connectivity index (χ1n) is 6.55. The molecule has 2 aromatic heterocycles. The van der Waals surface area contributed by atoms with Crippen LogP contribution in [0.2, 0.25) is 0 Å². The summed E-state index contributed by atoms with van der Waals surface area (Å²) in [6, 6.07) is 3.97. The van der Waals surface area contributed by atoms with Crippen molar-refractivity contribution in [3.05, 3.63) is 34.9 Å². The maximum Gasteiger partial charge on any atom is 0.272 e. The fraction of sp³-hybridized carbons (Fsp3) is 0.500. The number of H-pyrrole nitrogens is 1. The fourth-order valence-electron chi connectivity index (χ4n) is 2.96. The molecule has 4 heteroatoms. The molecule has 96 valence electrons. The van der Waals surface area contributed by atoms with Crippen LogP contribution < -0.4 is 10.9 Å². The second kappa shape index (κ2) is 4.28. The van der Waals surface area contributed by atoms with Gasteiger partial charge in [0.05, 0.1) is 0 Å². The number of rotatable bonds is 2. The molecule has 1 aliphatic heterocycles. The summed E-state index contributed by atoms with van der Waals surface area (Å²) in [4.78, 5) is 14.7. The van der Waals surface area contributed by atoms with Gasteiger partial charge >= 0.3 is 0 Å². The lowest BCUT2D eigenvalue weighted by molar-refractivity contribution is 0.204. The summed E-state index contributed by atoms with van der Waals surface area (Å²) in [5, 5.41) is 4.47. The highest BCUT2D eigenvalue weighted by atomic mass is 16.1. The molecule has 1 unspecified atom stereocenters. The molecule has 0 spiro atoms. The standard InChI is InChI=1S/C14H19N3O/c1-14(5-2-6-15-9-14)10-17-8-4-11-3-7-16-13(18)12(11)17/h3-4,7-8,15H,2,5-6,9-10H2,1H3,(H,16,18). The quantitative estimate of drug-likeness (QED) is 0.846. The van der Waals surface area contributed by atoms with E-state index >= 15 is 0 Å². The lowest BCUT2D eigenvalue weighted by Gasteiger charge is -2.34. The Balaban J connectivity index is 1.97. The predicted molar refractivity (Wildman–Crippen MR) is 72.8 cm³/mol. The maximum absolute atomic E-state index is 11.9. The third kappa shape index (κ3) is 1.97. The average Bonchev–Trinajstić information content (AvgIpc) is 2.74. The van der Waals surface area contributed by atoms with Crippen molar-refractivity contribution >= 4 is 10.9 Å². The van der Waals surface area contributed by atoms with Gasteiger partial charge < -0.3 is 14.9 Å². The van der Waals surface area contributed by atoms with Gasteiger partial charge in [0.25, 0.3) is 5.56 Å². The molecule has 3 rings (SSSR count). The van der Waals surface area contributed by atoms with E-state index < -0.39 is 0 Å². The molecular weight excluding hydrogens is 226 g/mol. The largest absolute Gasteiger partial charge is 0.342 e.